The number of hydrogen-bond donors (Lipinski definition) is 1. The molecule has 0 aliphatic heterocycles. The van der Waals surface area contributed by atoms with Crippen molar-refractivity contribution in [3.8, 4) is 0 Å². The number of carbonyl (C=O) groups is 1. The van der Waals surface area contributed by atoms with Gasteiger partial charge in [-0.2, -0.15) is 0 Å². The van der Waals surface area contributed by atoms with Gasteiger partial charge in [-0.15, -0.1) is 0 Å². The molecule has 3 saturated carbocycles. The lowest BCUT2D eigenvalue weighted by Crippen LogP contribution is -2.56. The summed E-state index contributed by atoms with van der Waals surface area (Å²) < 4.78 is 0. The number of rotatable bonds is 2. The van der Waals surface area contributed by atoms with Gasteiger partial charge in [0.25, 0.3) is 0 Å². The summed E-state index contributed by atoms with van der Waals surface area (Å²) in [5.41, 5.74) is 1.32. The van der Waals surface area contributed by atoms with E-state index in [9.17, 15) is 9.90 Å². The van der Waals surface area contributed by atoms with Gasteiger partial charge in [-0.3, -0.25) is 4.79 Å². The second-order valence-electron chi connectivity index (χ2n) is 10.2. The van der Waals surface area contributed by atoms with Crippen molar-refractivity contribution < 1.29 is 9.90 Å². The molecule has 0 radical (unpaired) electrons. The van der Waals surface area contributed by atoms with Crippen molar-refractivity contribution in [2.45, 2.75) is 91.1 Å². The zero-order valence-electron chi connectivity index (χ0n) is 16.6. The topological polar surface area (TPSA) is 37.3 Å². The third-order valence-electron chi connectivity index (χ3n) is 9.50. The zero-order valence-corrected chi connectivity index (χ0v) is 16.6. The van der Waals surface area contributed by atoms with E-state index in [4.69, 9.17) is 0 Å². The van der Waals surface area contributed by atoms with Gasteiger partial charge in [-0.1, -0.05) is 39.7 Å². The highest BCUT2D eigenvalue weighted by Gasteiger charge is 2.64. The van der Waals surface area contributed by atoms with Crippen LogP contribution >= 0.6 is 0 Å². The molecule has 0 saturated heterocycles. The molecule has 0 aromatic heterocycles. The van der Waals surface area contributed by atoms with Crippen molar-refractivity contribution in [3.05, 3.63) is 11.6 Å². The number of hydrogen-bond acceptors (Lipinski definition) is 2. The van der Waals surface area contributed by atoms with E-state index in [2.05, 4.69) is 27.7 Å². The van der Waals surface area contributed by atoms with Crippen LogP contribution in [0, 0.1) is 34.5 Å². The van der Waals surface area contributed by atoms with Crippen LogP contribution in [0.4, 0.5) is 0 Å². The third-order valence-corrected chi connectivity index (χ3v) is 9.50. The molecular weight excluding hydrogens is 308 g/mol. The lowest BCUT2D eigenvalue weighted by atomic mass is 9.44. The molecule has 7 atom stereocenters. The predicted octanol–water partition coefficient (Wildman–Crippen LogP) is 5.30. The normalized spacial score (nSPS) is 52.2. The summed E-state index contributed by atoms with van der Waals surface area (Å²) in [6.07, 6.45) is 11.7. The highest BCUT2D eigenvalue weighted by atomic mass is 16.3. The number of ketones is 1. The quantitative estimate of drug-likeness (QED) is 0.738. The molecule has 25 heavy (non-hydrogen) atoms. The smallest absolute Gasteiger partial charge is 0.155 e. The van der Waals surface area contributed by atoms with Crippen LogP contribution < -0.4 is 0 Å². The molecule has 4 rings (SSSR count). The fourth-order valence-corrected chi connectivity index (χ4v) is 7.88. The monoisotopic (exact) mass is 344 g/mol. The van der Waals surface area contributed by atoms with Crippen molar-refractivity contribution in [2.75, 3.05) is 0 Å². The minimum absolute atomic E-state index is 0.107. The largest absolute Gasteiger partial charge is 0.389 e. The maximum Gasteiger partial charge on any atom is 0.155 e. The first-order chi connectivity index (χ1) is 11.8. The average Bonchev–Trinajstić information content (AvgIpc) is 2.81. The predicted molar refractivity (Wildman–Crippen MR) is 101 cm³/mol. The Morgan fingerprint density at radius 3 is 2.60 bits per heavy atom. The minimum Gasteiger partial charge on any atom is -0.389 e. The molecule has 140 valence electrons. The molecule has 2 heteroatoms. The number of carbonyl (C=O) groups excluding carboxylic acids is 1. The molecule has 0 aromatic rings. The van der Waals surface area contributed by atoms with Gasteiger partial charge in [0.1, 0.15) is 0 Å². The van der Waals surface area contributed by atoms with Gasteiger partial charge in [0, 0.05) is 6.42 Å². The molecular formula is C23H36O2. The zero-order chi connectivity index (χ0) is 18.0. The molecule has 0 amide bonds. The molecule has 1 N–H and O–H groups in total. The Bertz CT molecular complexity index is 607. The fourth-order valence-electron chi connectivity index (χ4n) is 7.88. The van der Waals surface area contributed by atoms with E-state index >= 15 is 0 Å². The average molecular weight is 345 g/mol. The summed E-state index contributed by atoms with van der Waals surface area (Å²) in [5, 5.41) is 11.5. The second-order valence-corrected chi connectivity index (χ2v) is 10.2. The van der Waals surface area contributed by atoms with Crippen molar-refractivity contribution in [1.82, 2.24) is 0 Å². The van der Waals surface area contributed by atoms with Crippen LogP contribution in [-0.2, 0) is 4.79 Å². The Kier molecular flexibility index (Phi) is 4.04. The molecule has 0 heterocycles. The van der Waals surface area contributed by atoms with Crippen LogP contribution in [-0.4, -0.2) is 16.5 Å². The molecule has 0 unspecified atom stereocenters. The van der Waals surface area contributed by atoms with Gasteiger partial charge >= 0.3 is 0 Å². The standard InChI is InChI=1S/C23H36O2/c1-5-10-23(25)12-9-19-18-7-6-16-14-17(24)13-15(2)22(16,4)20(18)8-11-21(19,23)3/h14-15,18-20,25H,5-13H2,1-4H3/t15-,18-,19-,20-,21-,22-,23-/m0/s1. The van der Waals surface area contributed by atoms with Gasteiger partial charge < -0.3 is 5.11 Å². The van der Waals surface area contributed by atoms with E-state index in [0.29, 0.717) is 23.5 Å². The molecule has 4 aliphatic carbocycles. The number of allylic oxidation sites excluding steroid dienone is 1. The van der Waals surface area contributed by atoms with Crippen molar-refractivity contribution >= 4 is 5.78 Å². The first-order valence-corrected chi connectivity index (χ1v) is 10.7. The van der Waals surface area contributed by atoms with E-state index in [1.165, 1.54) is 31.3 Å². The summed E-state index contributed by atoms with van der Waals surface area (Å²) in [4.78, 5) is 12.1. The summed E-state index contributed by atoms with van der Waals surface area (Å²) in [7, 11) is 0. The highest BCUT2D eigenvalue weighted by molar-refractivity contribution is 5.92. The summed E-state index contributed by atoms with van der Waals surface area (Å²) in [6, 6.07) is 0. The maximum atomic E-state index is 12.1. The lowest BCUT2D eigenvalue weighted by Gasteiger charge is -2.60. The van der Waals surface area contributed by atoms with E-state index in [1.54, 1.807) is 0 Å². The summed E-state index contributed by atoms with van der Waals surface area (Å²) in [6.45, 7) is 9.38. The Morgan fingerprint density at radius 2 is 1.88 bits per heavy atom. The molecule has 0 spiro atoms. The highest BCUT2D eigenvalue weighted by Crippen LogP contribution is 2.68. The first-order valence-electron chi connectivity index (χ1n) is 10.7. The van der Waals surface area contributed by atoms with Crippen LogP contribution in [0.1, 0.15) is 85.5 Å². The molecule has 3 fully saturated rings. The van der Waals surface area contributed by atoms with E-state index in [1.807, 2.05) is 6.08 Å². The van der Waals surface area contributed by atoms with Crippen LogP contribution in [0.15, 0.2) is 11.6 Å². The molecule has 4 aliphatic rings. The third kappa shape index (κ3) is 2.22. The van der Waals surface area contributed by atoms with Gasteiger partial charge in [0.2, 0.25) is 0 Å². The van der Waals surface area contributed by atoms with Crippen LogP contribution in [0.2, 0.25) is 0 Å². The van der Waals surface area contributed by atoms with E-state index in [0.717, 1.165) is 38.0 Å². The summed E-state index contributed by atoms with van der Waals surface area (Å²) >= 11 is 0. The first kappa shape index (κ1) is 17.8. The van der Waals surface area contributed by atoms with E-state index in [-0.39, 0.29) is 10.8 Å². The molecule has 2 nitrogen and oxygen atoms in total. The number of aliphatic hydroxyl groups is 1. The molecule has 0 bridgehead atoms. The van der Waals surface area contributed by atoms with Crippen LogP contribution in [0.5, 0.6) is 0 Å². The Morgan fingerprint density at radius 1 is 1.16 bits per heavy atom. The fraction of sp³-hybridized carbons (Fsp3) is 0.870. The van der Waals surface area contributed by atoms with Gasteiger partial charge in [0.15, 0.2) is 5.78 Å². The SMILES string of the molecule is CCC[C@]1(O)CC[C@H]2[C@@H]3CCC4=CC(=O)C[C@H](C)[C@]4(C)[C@H]3CC[C@@]21C. The van der Waals surface area contributed by atoms with Gasteiger partial charge in [-0.25, -0.2) is 0 Å². The second kappa shape index (κ2) is 5.68. The van der Waals surface area contributed by atoms with Crippen molar-refractivity contribution in [1.29, 1.82) is 0 Å². The van der Waals surface area contributed by atoms with Crippen molar-refractivity contribution in [3.63, 3.8) is 0 Å². The minimum atomic E-state index is -0.442. The number of fused-ring (bicyclic) bond motifs is 5. The van der Waals surface area contributed by atoms with Gasteiger partial charge in [-0.05, 0) is 85.5 Å². The van der Waals surface area contributed by atoms with Crippen LogP contribution in [0.25, 0.3) is 0 Å². The Hall–Kier alpha value is -0.630. The van der Waals surface area contributed by atoms with Gasteiger partial charge in [0.05, 0.1) is 5.60 Å². The van der Waals surface area contributed by atoms with Crippen molar-refractivity contribution in [2.24, 2.45) is 34.5 Å². The maximum absolute atomic E-state index is 12.1. The Labute approximate surface area is 153 Å². The van der Waals surface area contributed by atoms with E-state index < -0.39 is 5.60 Å². The lowest BCUT2D eigenvalue weighted by molar-refractivity contribution is -0.138. The summed E-state index contributed by atoms with van der Waals surface area (Å²) in [5.74, 6) is 2.93. The molecule has 0 aromatic carbocycles. The Balaban J connectivity index is 1.69. The van der Waals surface area contributed by atoms with Crippen LogP contribution in [0.3, 0.4) is 0 Å².